The number of nitrogens with zero attached hydrogens (tertiary/aromatic N) is 3. The molecule has 2 heterocycles. The Morgan fingerprint density at radius 3 is 2.60 bits per heavy atom. The Kier molecular flexibility index (Phi) is 3.94. The quantitative estimate of drug-likeness (QED) is 0.918. The summed E-state index contributed by atoms with van der Waals surface area (Å²) in [5, 5.41) is 10.2. The van der Waals surface area contributed by atoms with Crippen molar-refractivity contribution in [1.82, 2.24) is 9.88 Å². The molecule has 1 aromatic heterocycles. The molecule has 6 heteroatoms. The number of carboxylic acids is 1. The molecule has 0 aromatic carbocycles. The monoisotopic (exact) mass is 295 g/mol. The minimum Gasteiger partial charge on any atom is -0.480 e. The molecule has 0 bridgehead atoms. The summed E-state index contributed by atoms with van der Waals surface area (Å²) in [7, 11) is 0. The summed E-state index contributed by atoms with van der Waals surface area (Å²) >= 11 is 1.84. The van der Waals surface area contributed by atoms with Crippen molar-refractivity contribution in [2.45, 2.75) is 38.6 Å². The van der Waals surface area contributed by atoms with Crippen molar-refractivity contribution in [2.24, 2.45) is 0 Å². The SMILES string of the molecule is CC(C(=O)O)N1CCN(c2nc3c(s2)CCCC3)CC1. The molecule has 2 aliphatic rings. The van der Waals surface area contributed by atoms with Gasteiger partial charge in [-0.15, -0.1) is 11.3 Å². The molecule has 1 atom stereocenters. The third-order valence-electron chi connectivity index (χ3n) is 4.32. The van der Waals surface area contributed by atoms with Crippen LogP contribution in [0.1, 0.15) is 30.3 Å². The summed E-state index contributed by atoms with van der Waals surface area (Å²) in [4.78, 5) is 21.6. The Morgan fingerprint density at radius 1 is 1.25 bits per heavy atom. The van der Waals surface area contributed by atoms with Gasteiger partial charge in [0.2, 0.25) is 0 Å². The zero-order valence-electron chi connectivity index (χ0n) is 11.8. The van der Waals surface area contributed by atoms with Gasteiger partial charge in [-0.1, -0.05) is 0 Å². The molecular formula is C14H21N3O2S. The van der Waals surface area contributed by atoms with E-state index in [2.05, 4.69) is 4.90 Å². The molecular weight excluding hydrogens is 274 g/mol. The van der Waals surface area contributed by atoms with E-state index in [1.54, 1.807) is 6.92 Å². The van der Waals surface area contributed by atoms with Gasteiger partial charge in [0, 0.05) is 31.1 Å². The smallest absolute Gasteiger partial charge is 0.320 e. The lowest BCUT2D eigenvalue weighted by Gasteiger charge is -2.36. The van der Waals surface area contributed by atoms with Crippen LogP contribution in [0.4, 0.5) is 5.13 Å². The molecule has 0 saturated carbocycles. The van der Waals surface area contributed by atoms with E-state index in [1.165, 1.54) is 29.8 Å². The van der Waals surface area contributed by atoms with Crippen molar-refractivity contribution in [3.05, 3.63) is 10.6 Å². The summed E-state index contributed by atoms with van der Waals surface area (Å²) < 4.78 is 0. The molecule has 1 fully saturated rings. The van der Waals surface area contributed by atoms with Crippen molar-refractivity contribution in [1.29, 1.82) is 0 Å². The maximum Gasteiger partial charge on any atom is 0.320 e. The van der Waals surface area contributed by atoms with Crippen LogP contribution in [0.3, 0.4) is 0 Å². The van der Waals surface area contributed by atoms with Gasteiger partial charge in [0.25, 0.3) is 0 Å². The lowest BCUT2D eigenvalue weighted by atomic mass is 10.0. The van der Waals surface area contributed by atoms with Gasteiger partial charge in [0.05, 0.1) is 5.69 Å². The first-order valence-corrected chi connectivity index (χ1v) is 8.17. The molecule has 1 unspecified atom stereocenters. The van der Waals surface area contributed by atoms with Crippen LogP contribution in [-0.2, 0) is 17.6 Å². The number of fused-ring (bicyclic) bond motifs is 1. The topological polar surface area (TPSA) is 56.7 Å². The van der Waals surface area contributed by atoms with Gasteiger partial charge in [-0.25, -0.2) is 4.98 Å². The number of aromatic nitrogens is 1. The fraction of sp³-hybridized carbons (Fsp3) is 0.714. The number of aliphatic carboxylic acids is 1. The van der Waals surface area contributed by atoms with E-state index in [0.717, 1.165) is 37.7 Å². The third kappa shape index (κ3) is 2.67. The third-order valence-corrected chi connectivity index (χ3v) is 5.54. The average Bonchev–Trinajstić information content (AvgIpc) is 2.90. The van der Waals surface area contributed by atoms with Crippen LogP contribution in [0.2, 0.25) is 0 Å². The van der Waals surface area contributed by atoms with E-state index >= 15 is 0 Å². The molecule has 1 aromatic rings. The fourth-order valence-corrected chi connectivity index (χ4v) is 4.13. The van der Waals surface area contributed by atoms with Crippen LogP contribution in [0.25, 0.3) is 0 Å². The largest absolute Gasteiger partial charge is 0.480 e. The number of anilines is 1. The predicted octanol–water partition coefficient (Wildman–Crippen LogP) is 1.62. The predicted molar refractivity (Wildman–Crippen MR) is 79.6 cm³/mol. The highest BCUT2D eigenvalue weighted by molar-refractivity contribution is 7.15. The fourth-order valence-electron chi connectivity index (χ4n) is 2.93. The molecule has 1 aliphatic carbocycles. The lowest BCUT2D eigenvalue weighted by Crippen LogP contribution is -2.51. The van der Waals surface area contributed by atoms with Crippen LogP contribution in [0.15, 0.2) is 0 Å². The molecule has 1 saturated heterocycles. The second-order valence-electron chi connectivity index (χ2n) is 5.61. The first kappa shape index (κ1) is 13.8. The van der Waals surface area contributed by atoms with E-state index in [4.69, 9.17) is 10.1 Å². The van der Waals surface area contributed by atoms with Gasteiger partial charge in [-0.3, -0.25) is 9.69 Å². The van der Waals surface area contributed by atoms with E-state index in [1.807, 2.05) is 16.2 Å². The number of carbonyl (C=O) groups is 1. The van der Waals surface area contributed by atoms with Crippen molar-refractivity contribution in [2.75, 3.05) is 31.1 Å². The summed E-state index contributed by atoms with van der Waals surface area (Å²) in [5.41, 5.74) is 1.30. The average molecular weight is 295 g/mol. The normalized spacial score (nSPS) is 21.6. The van der Waals surface area contributed by atoms with Crippen molar-refractivity contribution in [3.8, 4) is 0 Å². The molecule has 20 heavy (non-hydrogen) atoms. The van der Waals surface area contributed by atoms with Gasteiger partial charge < -0.3 is 10.0 Å². The summed E-state index contributed by atoms with van der Waals surface area (Å²) in [6.07, 6.45) is 4.86. The lowest BCUT2D eigenvalue weighted by molar-refractivity contribution is -0.142. The maximum atomic E-state index is 11.0. The second kappa shape index (κ2) is 5.69. The minimum atomic E-state index is -0.733. The Bertz CT molecular complexity index is 471. The van der Waals surface area contributed by atoms with Crippen LogP contribution < -0.4 is 4.90 Å². The van der Waals surface area contributed by atoms with Gasteiger partial charge >= 0.3 is 5.97 Å². The van der Waals surface area contributed by atoms with Crippen molar-refractivity contribution >= 4 is 22.4 Å². The molecule has 3 rings (SSSR count). The van der Waals surface area contributed by atoms with Crippen LogP contribution in [0.5, 0.6) is 0 Å². The molecule has 110 valence electrons. The molecule has 0 amide bonds. The Morgan fingerprint density at radius 2 is 1.95 bits per heavy atom. The number of piperazine rings is 1. The second-order valence-corrected chi connectivity index (χ2v) is 6.67. The van der Waals surface area contributed by atoms with Crippen molar-refractivity contribution < 1.29 is 9.90 Å². The van der Waals surface area contributed by atoms with Crippen LogP contribution in [-0.4, -0.2) is 53.2 Å². The van der Waals surface area contributed by atoms with Gasteiger partial charge in [0.15, 0.2) is 5.13 Å². The molecule has 0 radical (unpaired) electrons. The Balaban J connectivity index is 1.63. The van der Waals surface area contributed by atoms with Gasteiger partial charge in [-0.05, 0) is 32.6 Å². The Labute approximate surface area is 123 Å². The van der Waals surface area contributed by atoms with E-state index in [0.29, 0.717) is 0 Å². The zero-order chi connectivity index (χ0) is 14.1. The van der Waals surface area contributed by atoms with Crippen LogP contribution in [0, 0.1) is 0 Å². The van der Waals surface area contributed by atoms with Gasteiger partial charge in [0.1, 0.15) is 6.04 Å². The van der Waals surface area contributed by atoms with E-state index in [9.17, 15) is 4.79 Å². The maximum absolute atomic E-state index is 11.0. The highest BCUT2D eigenvalue weighted by Gasteiger charge is 2.27. The highest BCUT2D eigenvalue weighted by Crippen LogP contribution is 2.32. The summed E-state index contributed by atoms with van der Waals surface area (Å²) in [6, 6.07) is -0.387. The van der Waals surface area contributed by atoms with E-state index < -0.39 is 5.97 Å². The first-order valence-electron chi connectivity index (χ1n) is 7.35. The van der Waals surface area contributed by atoms with Crippen molar-refractivity contribution in [3.63, 3.8) is 0 Å². The Hall–Kier alpha value is -1.14. The number of hydrogen-bond donors (Lipinski definition) is 1. The summed E-state index contributed by atoms with van der Waals surface area (Å²) in [5.74, 6) is -0.733. The minimum absolute atomic E-state index is 0.387. The number of aryl methyl sites for hydroxylation is 2. The standard InChI is InChI=1S/C14H21N3O2S/c1-10(13(18)19)16-6-8-17(9-7-16)14-15-11-4-2-3-5-12(11)20-14/h10H,2-9H2,1H3,(H,18,19). The highest BCUT2D eigenvalue weighted by atomic mass is 32.1. The molecule has 1 aliphatic heterocycles. The zero-order valence-corrected chi connectivity index (χ0v) is 12.7. The van der Waals surface area contributed by atoms with Gasteiger partial charge in [-0.2, -0.15) is 0 Å². The van der Waals surface area contributed by atoms with Crippen LogP contribution >= 0.6 is 11.3 Å². The van der Waals surface area contributed by atoms with E-state index in [-0.39, 0.29) is 6.04 Å². The molecule has 5 nitrogen and oxygen atoms in total. The first-order chi connectivity index (χ1) is 9.65. The molecule has 0 spiro atoms. The number of carboxylic acid groups (broad SMARTS) is 1. The molecule has 1 N–H and O–H groups in total. The number of rotatable bonds is 3. The number of thiazole rings is 1. The summed E-state index contributed by atoms with van der Waals surface area (Å²) in [6.45, 7) is 5.13. The number of hydrogen-bond acceptors (Lipinski definition) is 5.